The molecule has 0 heterocycles. The zero-order chi connectivity index (χ0) is 13.7. The van der Waals surface area contributed by atoms with Crippen molar-refractivity contribution in [2.75, 3.05) is 0 Å². The van der Waals surface area contributed by atoms with Crippen molar-refractivity contribution in [2.45, 2.75) is 51.0 Å². The summed E-state index contributed by atoms with van der Waals surface area (Å²) in [6.45, 7) is 0. The Hall–Kier alpha value is -1.00. The van der Waals surface area contributed by atoms with Crippen LogP contribution in [0.5, 0.6) is 0 Å². The lowest BCUT2D eigenvalue weighted by Gasteiger charge is -2.18. The fourth-order valence-electron chi connectivity index (χ4n) is 2.95. The first kappa shape index (κ1) is 14.4. The first-order valence-corrected chi connectivity index (χ1v) is 7.09. The molecule has 1 aromatic carbocycles. The quantitative estimate of drug-likeness (QED) is 0.613. The Morgan fingerprint density at radius 2 is 2.00 bits per heavy atom. The maximum atomic E-state index is 13.6. The minimum Gasteiger partial charge on any atom is -0.271 e. The van der Waals surface area contributed by atoms with Crippen molar-refractivity contribution in [1.82, 2.24) is 5.43 Å². The van der Waals surface area contributed by atoms with Crippen LogP contribution >= 0.6 is 0 Å². The van der Waals surface area contributed by atoms with E-state index >= 15 is 0 Å². The zero-order valence-electron chi connectivity index (χ0n) is 11.2. The van der Waals surface area contributed by atoms with Gasteiger partial charge < -0.3 is 0 Å². The maximum Gasteiger partial charge on any atom is 0.162 e. The Kier molecular flexibility index (Phi) is 5.28. The minimum atomic E-state index is -0.788. The van der Waals surface area contributed by atoms with Crippen molar-refractivity contribution in [3.63, 3.8) is 0 Å². The summed E-state index contributed by atoms with van der Waals surface area (Å²) in [5.41, 5.74) is 3.13. The van der Waals surface area contributed by atoms with Crippen LogP contribution in [0.1, 0.15) is 44.1 Å². The third kappa shape index (κ3) is 3.98. The van der Waals surface area contributed by atoms with Gasteiger partial charge in [0.1, 0.15) is 0 Å². The van der Waals surface area contributed by atoms with Crippen molar-refractivity contribution < 1.29 is 8.78 Å². The number of halogens is 2. The van der Waals surface area contributed by atoms with Crippen LogP contribution in [0.15, 0.2) is 18.2 Å². The highest BCUT2D eigenvalue weighted by molar-refractivity contribution is 5.20. The number of rotatable bonds is 6. The lowest BCUT2D eigenvalue weighted by Crippen LogP contribution is -2.37. The predicted molar refractivity (Wildman–Crippen MR) is 72.4 cm³/mol. The standard InChI is InChI=1S/C15H22F2N2/c16-14-7-3-6-12(15(14)17)10-13(19-18)9-8-11-4-1-2-5-11/h3,6-7,11,13,19H,1-2,4-5,8-10,18H2. The molecule has 2 rings (SSSR count). The van der Waals surface area contributed by atoms with E-state index in [2.05, 4.69) is 5.43 Å². The van der Waals surface area contributed by atoms with E-state index < -0.39 is 11.6 Å². The number of hydrogen-bond donors (Lipinski definition) is 2. The molecular weight excluding hydrogens is 246 g/mol. The molecule has 0 saturated heterocycles. The molecule has 2 nitrogen and oxygen atoms in total. The van der Waals surface area contributed by atoms with Crippen LogP contribution in [0.3, 0.4) is 0 Å². The molecule has 0 aliphatic heterocycles. The van der Waals surface area contributed by atoms with Crippen LogP contribution < -0.4 is 11.3 Å². The van der Waals surface area contributed by atoms with Gasteiger partial charge in [-0.3, -0.25) is 11.3 Å². The third-order valence-corrected chi connectivity index (χ3v) is 4.13. The largest absolute Gasteiger partial charge is 0.271 e. The predicted octanol–water partition coefficient (Wildman–Crippen LogP) is 3.31. The highest BCUT2D eigenvalue weighted by atomic mass is 19.2. The van der Waals surface area contributed by atoms with E-state index in [1.54, 1.807) is 6.07 Å². The van der Waals surface area contributed by atoms with Crippen molar-refractivity contribution in [3.05, 3.63) is 35.4 Å². The average molecular weight is 268 g/mol. The lowest BCUT2D eigenvalue weighted by molar-refractivity contribution is 0.401. The van der Waals surface area contributed by atoms with Gasteiger partial charge >= 0.3 is 0 Å². The summed E-state index contributed by atoms with van der Waals surface area (Å²) < 4.78 is 26.7. The second kappa shape index (κ2) is 6.96. The van der Waals surface area contributed by atoms with Crippen LogP contribution in [0, 0.1) is 17.6 Å². The summed E-state index contributed by atoms with van der Waals surface area (Å²) in [6, 6.07) is 4.32. The topological polar surface area (TPSA) is 38.0 Å². The molecular formula is C15H22F2N2. The maximum absolute atomic E-state index is 13.6. The Bertz CT molecular complexity index is 403. The van der Waals surface area contributed by atoms with E-state index in [0.717, 1.165) is 24.8 Å². The van der Waals surface area contributed by atoms with E-state index in [0.29, 0.717) is 12.0 Å². The summed E-state index contributed by atoms with van der Waals surface area (Å²) in [7, 11) is 0. The second-order valence-corrected chi connectivity index (χ2v) is 5.51. The Morgan fingerprint density at radius 3 is 2.68 bits per heavy atom. The molecule has 19 heavy (non-hydrogen) atoms. The smallest absolute Gasteiger partial charge is 0.162 e. The normalized spacial score (nSPS) is 17.8. The van der Waals surface area contributed by atoms with Crippen molar-refractivity contribution in [1.29, 1.82) is 0 Å². The van der Waals surface area contributed by atoms with Gasteiger partial charge in [0.15, 0.2) is 11.6 Å². The fraction of sp³-hybridized carbons (Fsp3) is 0.600. The highest BCUT2D eigenvalue weighted by Crippen LogP contribution is 2.29. The van der Waals surface area contributed by atoms with Crippen molar-refractivity contribution >= 4 is 0 Å². The lowest BCUT2D eigenvalue weighted by atomic mass is 9.95. The van der Waals surface area contributed by atoms with Gasteiger partial charge in [-0.05, 0) is 36.8 Å². The molecule has 1 aromatic rings. The van der Waals surface area contributed by atoms with E-state index in [1.807, 2.05) is 0 Å². The number of nitrogens with one attached hydrogen (secondary N) is 1. The molecule has 1 aliphatic rings. The molecule has 1 saturated carbocycles. The molecule has 106 valence electrons. The van der Waals surface area contributed by atoms with Gasteiger partial charge in [0.25, 0.3) is 0 Å². The molecule has 3 N–H and O–H groups in total. The van der Waals surface area contributed by atoms with Gasteiger partial charge in [-0.2, -0.15) is 0 Å². The van der Waals surface area contributed by atoms with Crippen LogP contribution in [-0.4, -0.2) is 6.04 Å². The summed E-state index contributed by atoms with van der Waals surface area (Å²) in [5.74, 6) is 4.78. The van der Waals surface area contributed by atoms with Gasteiger partial charge in [0.2, 0.25) is 0 Å². The fourth-order valence-corrected chi connectivity index (χ4v) is 2.95. The summed E-state index contributed by atoms with van der Waals surface area (Å²) in [5, 5.41) is 0. The zero-order valence-corrected chi connectivity index (χ0v) is 11.2. The molecule has 0 aromatic heterocycles. The van der Waals surface area contributed by atoms with Gasteiger partial charge in [-0.15, -0.1) is 0 Å². The molecule has 1 fully saturated rings. The number of hydrazine groups is 1. The van der Waals surface area contributed by atoms with E-state index in [1.165, 1.54) is 31.7 Å². The van der Waals surface area contributed by atoms with Crippen LogP contribution in [-0.2, 0) is 6.42 Å². The number of benzene rings is 1. The summed E-state index contributed by atoms with van der Waals surface area (Å²) in [6.07, 6.45) is 7.71. The Balaban J connectivity index is 1.88. The minimum absolute atomic E-state index is 0.0110. The van der Waals surface area contributed by atoms with Crippen LogP contribution in [0.25, 0.3) is 0 Å². The molecule has 4 heteroatoms. The monoisotopic (exact) mass is 268 g/mol. The number of nitrogens with two attached hydrogens (primary N) is 1. The van der Waals surface area contributed by atoms with Gasteiger partial charge in [0.05, 0.1) is 0 Å². The Labute approximate surface area is 113 Å². The van der Waals surface area contributed by atoms with Gasteiger partial charge in [0, 0.05) is 6.04 Å². The van der Waals surface area contributed by atoms with Crippen LogP contribution in [0.4, 0.5) is 8.78 Å². The highest BCUT2D eigenvalue weighted by Gasteiger charge is 2.18. The van der Waals surface area contributed by atoms with Crippen LogP contribution in [0.2, 0.25) is 0 Å². The van der Waals surface area contributed by atoms with Crippen molar-refractivity contribution in [2.24, 2.45) is 11.8 Å². The molecule has 0 bridgehead atoms. The summed E-state index contributed by atoms with van der Waals surface area (Å²) >= 11 is 0. The second-order valence-electron chi connectivity index (χ2n) is 5.51. The molecule has 1 aliphatic carbocycles. The molecule has 0 spiro atoms. The molecule has 1 atom stereocenters. The van der Waals surface area contributed by atoms with Gasteiger partial charge in [-0.1, -0.05) is 37.8 Å². The van der Waals surface area contributed by atoms with E-state index in [4.69, 9.17) is 5.84 Å². The Morgan fingerprint density at radius 1 is 1.26 bits per heavy atom. The van der Waals surface area contributed by atoms with E-state index in [9.17, 15) is 8.78 Å². The first-order valence-electron chi connectivity index (χ1n) is 7.09. The molecule has 0 radical (unpaired) electrons. The average Bonchev–Trinajstić information content (AvgIpc) is 2.92. The van der Waals surface area contributed by atoms with Gasteiger partial charge in [-0.25, -0.2) is 8.78 Å². The van der Waals surface area contributed by atoms with Crippen molar-refractivity contribution in [3.8, 4) is 0 Å². The SMILES string of the molecule is NNC(CCC1CCCC1)Cc1cccc(F)c1F. The first-order chi connectivity index (χ1) is 9.20. The number of hydrogen-bond acceptors (Lipinski definition) is 2. The molecule has 1 unspecified atom stereocenters. The van der Waals surface area contributed by atoms with E-state index in [-0.39, 0.29) is 6.04 Å². The third-order valence-electron chi connectivity index (χ3n) is 4.13. The summed E-state index contributed by atoms with van der Waals surface area (Å²) in [4.78, 5) is 0. The molecule has 0 amide bonds.